The van der Waals surface area contributed by atoms with Crippen molar-refractivity contribution in [3.05, 3.63) is 108 Å². The highest BCUT2D eigenvalue weighted by Crippen LogP contribution is 2.29. The van der Waals surface area contributed by atoms with Gasteiger partial charge in [0.15, 0.2) is 12.4 Å². The number of unbranched alkanes of at least 4 members (excludes halogenated alkanes) is 29. The Hall–Kier alpha value is -6.01. The van der Waals surface area contributed by atoms with E-state index in [4.69, 9.17) is 33.2 Å². The molecular weight excluding hydrogens is 1200 g/mol. The van der Waals surface area contributed by atoms with Gasteiger partial charge in [0.2, 0.25) is 5.91 Å². The van der Waals surface area contributed by atoms with E-state index in [0.717, 1.165) is 81.8 Å². The van der Waals surface area contributed by atoms with Gasteiger partial charge in [0.1, 0.15) is 56.5 Å². The van der Waals surface area contributed by atoms with E-state index in [2.05, 4.69) is 31.4 Å². The number of carbonyl (C=O) groups excluding carboxylic acids is 7. The quantitative estimate of drug-likeness (QED) is 0.0271. The van der Waals surface area contributed by atoms with Crippen molar-refractivity contribution in [2.75, 3.05) is 13.2 Å². The van der Waals surface area contributed by atoms with Crippen molar-refractivity contribution in [3.8, 4) is 0 Å². The van der Waals surface area contributed by atoms with Crippen LogP contribution in [0.3, 0.4) is 0 Å². The fraction of sp³-hybridized carbons (Fsp3) is 0.679. The molecule has 1 heterocycles. The average molecular weight is 1330 g/mol. The summed E-state index contributed by atoms with van der Waals surface area (Å²) in [6.45, 7) is 5.53. The fourth-order valence-corrected chi connectivity index (χ4v) is 11.7. The molecule has 3 N–H and O–H groups in total. The maximum Gasteiger partial charge on any atom is 0.324 e. The number of benzene rings is 3. The summed E-state index contributed by atoms with van der Waals surface area (Å²) in [5.74, 6) is -4.37. The van der Waals surface area contributed by atoms with Crippen LogP contribution in [0, 0.1) is 0 Å². The Morgan fingerprint density at radius 3 is 1.25 bits per heavy atom. The van der Waals surface area contributed by atoms with Crippen LogP contribution in [0.15, 0.2) is 91.0 Å². The molecule has 0 aromatic heterocycles. The summed E-state index contributed by atoms with van der Waals surface area (Å²) in [5, 5.41) is 18.3. The molecule has 1 aliphatic rings. The van der Waals surface area contributed by atoms with Crippen LogP contribution in [-0.4, -0.2) is 103 Å². The first-order valence-electron chi connectivity index (χ1n) is 36.9. The zero-order valence-corrected chi connectivity index (χ0v) is 58.3. The first-order valence-corrected chi connectivity index (χ1v) is 36.9. The first-order chi connectivity index (χ1) is 46.4. The third kappa shape index (κ3) is 39.1. The lowest BCUT2D eigenvalue weighted by Gasteiger charge is -2.44. The van der Waals surface area contributed by atoms with Crippen molar-refractivity contribution < 1.29 is 71.8 Å². The molecule has 0 bridgehead atoms. The largest absolute Gasteiger partial charge is 0.463 e. The minimum Gasteiger partial charge on any atom is -0.463 e. The Kier molecular flexibility index (Phi) is 45.5. The van der Waals surface area contributed by atoms with E-state index in [9.17, 15) is 38.7 Å². The van der Waals surface area contributed by atoms with Gasteiger partial charge in [-0.3, -0.25) is 38.9 Å². The number of aliphatic hydroxyl groups excluding tert-OH is 1. The number of hydrogen-bond acceptors (Lipinski definition) is 16. The summed E-state index contributed by atoms with van der Waals surface area (Å²) in [6.07, 6.45) is 25.8. The van der Waals surface area contributed by atoms with Crippen molar-refractivity contribution in [1.29, 1.82) is 0 Å². The normalized spacial score (nSPS) is 16.4. The van der Waals surface area contributed by atoms with Crippen LogP contribution in [-0.2, 0) is 86.5 Å². The lowest BCUT2D eigenvalue weighted by Crippen LogP contribution is -2.66. The highest BCUT2D eigenvalue weighted by molar-refractivity contribution is 5.85. The molecule has 0 spiro atoms. The summed E-state index contributed by atoms with van der Waals surface area (Å²) < 4.78 is 42.2. The van der Waals surface area contributed by atoms with E-state index in [0.29, 0.717) is 31.2 Å². The molecular formula is C78H120N2O15. The van der Waals surface area contributed by atoms with Gasteiger partial charge in [-0.05, 0) is 36.0 Å². The maximum absolute atomic E-state index is 14.2. The zero-order chi connectivity index (χ0) is 68.2. The number of esters is 5. The SMILES string of the molecule is CCCCCCCCCCCCCC(=O)N[C@H]1[C@@H](OC(CC(=O)OCc2ccccc2)CC(=O)OCc2ccccc2)O[C@H](COC(=O)CC(NCC(=O)CCCCCCCCCCCC)C(=O)OCc2ccccc2)[C@@H](O)[C@@H]1OC(=O)CCCCCCCCCCCCC. The molecule has 4 rings (SSSR count). The number of hydrogen-bond donors (Lipinski definition) is 3. The number of aliphatic hydroxyl groups is 1. The third-order valence-corrected chi connectivity index (χ3v) is 17.5. The molecule has 1 unspecified atom stereocenters. The zero-order valence-electron chi connectivity index (χ0n) is 58.3. The molecule has 0 aliphatic carbocycles. The van der Waals surface area contributed by atoms with Gasteiger partial charge in [-0.2, -0.15) is 0 Å². The van der Waals surface area contributed by atoms with E-state index in [1.165, 1.54) is 116 Å². The summed E-state index contributed by atoms with van der Waals surface area (Å²) in [6, 6.07) is 24.5. The molecule has 6 atom stereocenters. The number of amides is 1. The second kappa shape index (κ2) is 53.1. The summed E-state index contributed by atoms with van der Waals surface area (Å²) >= 11 is 0. The summed E-state index contributed by atoms with van der Waals surface area (Å²) in [4.78, 5) is 97.0. The number of ketones is 1. The molecule has 17 nitrogen and oxygen atoms in total. The minimum absolute atomic E-state index is 0.00529. The Balaban J connectivity index is 1.59. The third-order valence-electron chi connectivity index (χ3n) is 17.5. The van der Waals surface area contributed by atoms with Crippen LogP contribution in [0.4, 0.5) is 0 Å². The maximum atomic E-state index is 14.2. The second-order valence-corrected chi connectivity index (χ2v) is 26.0. The Morgan fingerprint density at radius 1 is 0.442 bits per heavy atom. The van der Waals surface area contributed by atoms with Gasteiger partial charge in [0.05, 0.1) is 31.9 Å². The van der Waals surface area contributed by atoms with Gasteiger partial charge in [0.25, 0.3) is 0 Å². The van der Waals surface area contributed by atoms with Crippen LogP contribution in [0.2, 0.25) is 0 Å². The van der Waals surface area contributed by atoms with Crippen LogP contribution >= 0.6 is 0 Å². The Morgan fingerprint density at radius 2 is 0.821 bits per heavy atom. The Labute approximate surface area is 569 Å². The molecule has 1 aliphatic heterocycles. The molecule has 3 aromatic rings. The lowest BCUT2D eigenvalue weighted by molar-refractivity contribution is -0.286. The van der Waals surface area contributed by atoms with Crippen molar-refractivity contribution in [2.45, 2.75) is 327 Å². The van der Waals surface area contributed by atoms with Gasteiger partial charge < -0.3 is 43.6 Å². The number of Topliss-reactive ketones (excluding diaryl/α,β-unsaturated/α-hetero) is 1. The average Bonchev–Trinajstić information content (AvgIpc) is 0.796. The topological polar surface area (TPSA) is 228 Å². The summed E-state index contributed by atoms with van der Waals surface area (Å²) in [5.41, 5.74) is 2.16. The number of carbonyl (C=O) groups is 7. The molecule has 17 heteroatoms. The number of ether oxygens (including phenoxy) is 7. The van der Waals surface area contributed by atoms with E-state index in [1.54, 1.807) is 36.4 Å². The smallest absolute Gasteiger partial charge is 0.324 e. The van der Waals surface area contributed by atoms with E-state index >= 15 is 0 Å². The summed E-state index contributed by atoms with van der Waals surface area (Å²) in [7, 11) is 0. The first kappa shape index (κ1) is 81.4. The highest BCUT2D eigenvalue weighted by atomic mass is 16.7. The van der Waals surface area contributed by atoms with E-state index in [-0.39, 0.29) is 45.0 Å². The Bertz CT molecular complexity index is 2440. The molecule has 1 fully saturated rings. The van der Waals surface area contributed by atoms with Crippen LogP contribution in [0.1, 0.15) is 281 Å². The predicted molar refractivity (Wildman–Crippen MR) is 370 cm³/mol. The van der Waals surface area contributed by atoms with Crippen LogP contribution in [0.25, 0.3) is 0 Å². The standard InChI is InChI=1S/C78H120N2O15/c1-4-7-10-13-16-19-22-25-28-31-43-52-69(82)80-74-76(95-70(83)53-44-32-29-26-23-20-17-14-11-8-5-2)75(87)68(94-78(74)93-66(54-71(84)89-58-62-45-36-33-37-46-62)55-72(85)90-59-63-47-38-34-39-48-63)61-91-73(86)56-67(77(88)92-60-64-49-40-35-41-50-64)79-57-65(81)51-42-30-27-24-21-18-15-12-9-6-3/h33-41,45-50,66-68,74-76,78-79,87H,4-32,42-44,51-61H2,1-3H3,(H,80,82)/t67?,68-,74-,75-,76-,78+/m1/s1. The monoisotopic (exact) mass is 1320 g/mol. The van der Waals surface area contributed by atoms with Crippen molar-refractivity contribution in [1.82, 2.24) is 10.6 Å². The predicted octanol–water partition coefficient (Wildman–Crippen LogP) is 16.0. The highest BCUT2D eigenvalue weighted by Gasteiger charge is 2.50. The lowest BCUT2D eigenvalue weighted by atomic mass is 9.95. The minimum atomic E-state index is -1.74. The number of rotatable bonds is 57. The molecule has 95 heavy (non-hydrogen) atoms. The van der Waals surface area contributed by atoms with Gasteiger partial charge in [-0.15, -0.1) is 0 Å². The molecule has 1 amide bonds. The van der Waals surface area contributed by atoms with E-state index < -0.39 is 104 Å². The van der Waals surface area contributed by atoms with Gasteiger partial charge in [-0.1, -0.05) is 298 Å². The fourth-order valence-electron chi connectivity index (χ4n) is 11.7. The van der Waals surface area contributed by atoms with Gasteiger partial charge >= 0.3 is 29.8 Å². The van der Waals surface area contributed by atoms with Crippen LogP contribution < -0.4 is 10.6 Å². The molecule has 0 radical (unpaired) electrons. The molecule has 532 valence electrons. The van der Waals surface area contributed by atoms with Crippen LogP contribution in [0.5, 0.6) is 0 Å². The van der Waals surface area contributed by atoms with Crippen molar-refractivity contribution >= 4 is 41.5 Å². The molecule has 3 aromatic carbocycles. The van der Waals surface area contributed by atoms with Crippen molar-refractivity contribution in [2.24, 2.45) is 0 Å². The van der Waals surface area contributed by atoms with Gasteiger partial charge in [0, 0.05) is 19.3 Å². The molecule has 1 saturated heterocycles. The van der Waals surface area contributed by atoms with Crippen molar-refractivity contribution in [3.63, 3.8) is 0 Å². The van der Waals surface area contributed by atoms with Gasteiger partial charge in [-0.25, -0.2) is 0 Å². The molecule has 0 saturated carbocycles. The van der Waals surface area contributed by atoms with E-state index in [1.807, 2.05) is 54.6 Å². The second-order valence-electron chi connectivity index (χ2n) is 26.0. The number of nitrogens with one attached hydrogen (secondary N) is 2.